The smallest absolute Gasteiger partial charge is 0.433 e. The molecule has 2 aromatic heterocycles. The highest BCUT2D eigenvalue weighted by atomic mass is 32.1. The molecular formula is C7H5N3O4S. The molecule has 0 unspecified atom stereocenters. The van der Waals surface area contributed by atoms with Crippen LogP contribution in [-0.4, -0.2) is 32.1 Å². The van der Waals surface area contributed by atoms with Crippen molar-refractivity contribution in [3.63, 3.8) is 0 Å². The average molecular weight is 227 g/mol. The fourth-order valence-electron chi connectivity index (χ4n) is 1.16. The summed E-state index contributed by atoms with van der Waals surface area (Å²) in [6.45, 7) is 0. The van der Waals surface area contributed by atoms with Gasteiger partial charge in [0, 0.05) is 0 Å². The standard InChI is InChI=1S/C7H5N3O4S/c8-4-2-1-3(6(11)12)15-5(2)10(9-4)7(13)14/h1H,(H2,8,9)(H,11,12)(H,13,14). The van der Waals surface area contributed by atoms with Crippen LogP contribution in [0.3, 0.4) is 0 Å². The summed E-state index contributed by atoms with van der Waals surface area (Å²) in [5.41, 5.74) is 5.45. The van der Waals surface area contributed by atoms with Gasteiger partial charge in [0.2, 0.25) is 0 Å². The SMILES string of the molecule is Nc1nn(C(=O)O)c2sc(C(=O)O)cc12. The van der Waals surface area contributed by atoms with Crippen LogP contribution < -0.4 is 5.73 Å². The van der Waals surface area contributed by atoms with E-state index in [-0.39, 0.29) is 15.5 Å². The Kier molecular flexibility index (Phi) is 1.86. The van der Waals surface area contributed by atoms with Gasteiger partial charge in [-0.25, -0.2) is 9.59 Å². The number of nitrogens with two attached hydrogens (primary N) is 1. The summed E-state index contributed by atoms with van der Waals surface area (Å²) in [6, 6.07) is 1.31. The molecule has 0 bridgehead atoms. The van der Waals surface area contributed by atoms with Crippen molar-refractivity contribution in [3.05, 3.63) is 10.9 Å². The number of carboxylic acids is 1. The van der Waals surface area contributed by atoms with Gasteiger partial charge >= 0.3 is 12.1 Å². The van der Waals surface area contributed by atoms with E-state index in [1.807, 2.05) is 0 Å². The summed E-state index contributed by atoms with van der Waals surface area (Å²) in [4.78, 5) is 21.6. The molecule has 4 N–H and O–H groups in total. The number of nitrogens with zero attached hydrogens (tertiary/aromatic N) is 2. The quantitative estimate of drug-likeness (QED) is 0.666. The Balaban J connectivity index is 2.75. The lowest BCUT2D eigenvalue weighted by Gasteiger charge is -1.90. The number of hydrogen-bond donors (Lipinski definition) is 3. The predicted molar refractivity (Wildman–Crippen MR) is 52.4 cm³/mol. The van der Waals surface area contributed by atoms with E-state index >= 15 is 0 Å². The van der Waals surface area contributed by atoms with Gasteiger partial charge in [-0.2, -0.15) is 4.68 Å². The number of rotatable bonds is 1. The number of aromatic nitrogens is 2. The van der Waals surface area contributed by atoms with Crippen molar-refractivity contribution >= 4 is 39.4 Å². The van der Waals surface area contributed by atoms with Crippen molar-refractivity contribution in [2.45, 2.75) is 0 Å². The predicted octanol–water partition coefficient (Wildman–Crippen LogP) is 0.904. The minimum atomic E-state index is -1.30. The van der Waals surface area contributed by atoms with Gasteiger partial charge in [0.05, 0.1) is 5.39 Å². The lowest BCUT2D eigenvalue weighted by atomic mass is 10.3. The highest BCUT2D eigenvalue weighted by Gasteiger charge is 2.18. The van der Waals surface area contributed by atoms with Gasteiger partial charge in [-0.3, -0.25) is 0 Å². The maximum atomic E-state index is 10.7. The number of nitrogen functional groups attached to an aromatic ring is 1. The van der Waals surface area contributed by atoms with Crippen molar-refractivity contribution in [3.8, 4) is 0 Å². The van der Waals surface area contributed by atoms with Crippen LogP contribution in [0.4, 0.5) is 10.6 Å². The summed E-state index contributed by atoms with van der Waals surface area (Å²) in [5, 5.41) is 21.4. The molecule has 0 radical (unpaired) electrons. The average Bonchev–Trinajstić information content (AvgIpc) is 2.66. The van der Waals surface area contributed by atoms with Gasteiger partial charge in [0.15, 0.2) is 5.82 Å². The first kappa shape index (κ1) is 9.46. The van der Waals surface area contributed by atoms with Crippen LogP contribution in [0.2, 0.25) is 0 Å². The topological polar surface area (TPSA) is 118 Å². The number of anilines is 1. The third-order valence-electron chi connectivity index (χ3n) is 1.78. The zero-order valence-corrected chi connectivity index (χ0v) is 7.98. The lowest BCUT2D eigenvalue weighted by molar-refractivity contribution is 0.0702. The molecule has 0 aliphatic carbocycles. The number of aromatic carboxylic acids is 1. The zero-order chi connectivity index (χ0) is 11.2. The number of fused-ring (bicyclic) bond motifs is 1. The van der Waals surface area contributed by atoms with E-state index in [1.165, 1.54) is 6.07 Å². The molecule has 0 saturated carbocycles. The Hall–Kier alpha value is -2.09. The van der Waals surface area contributed by atoms with Crippen molar-refractivity contribution in [1.29, 1.82) is 0 Å². The summed E-state index contributed by atoms with van der Waals surface area (Å²) >= 11 is 0.821. The van der Waals surface area contributed by atoms with E-state index in [0.717, 1.165) is 11.3 Å². The molecule has 2 heterocycles. The first-order chi connectivity index (χ1) is 7.00. The molecule has 15 heavy (non-hydrogen) atoms. The fraction of sp³-hybridized carbons (Fsp3) is 0. The van der Waals surface area contributed by atoms with Crippen LogP contribution >= 0.6 is 11.3 Å². The number of thiophene rings is 1. The fourth-order valence-corrected chi connectivity index (χ4v) is 2.12. The monoisotopic (exact) mass is 227 g/mol. The van der Waals surface area contributed by atoms with Crippen LogP contribution in [0.1, 0.15) is 9.67 Å². The van der Waals surface area contributed by atoms with E-state index in [1.54, 1.807) is 0 Å². The van der Waals surface area contributed by atoms with Crippen LogP contribution in [0.15, 0.2) is 6.07 Å². The Morgan fingerprint density at radius 1 is 1.47 bits per heavy atom. The van der Waals surface area contributed by atoms with Crippen LogP contribution in [0.5, 0.6) is 0 Å². The van der Waals surface area contributed by atoms with Gasteiger partial charge in [-0.05, 0) is 6.07 Å². The molecular weight excluding hydrogens is 222 g/mol. The number of hydrogen-bond acceptors (Lipinski definition) is 5. The zero-order valence-electron chi connectivity index (χ0n) is 7.17. The molecule has 8 heteroatoms. The third kappa shape index (κ3) is 1.31. The number of carboxylic acid groups (broad SMARTS) is 2. The van der Waals surface area contributed by atoms with Gasteiger partial charge < -0.3 is 15.9 Å². The molecule has 7 nitrogen and oxygen atoms in total. The van der Waals surface area contributed by atoms with E-state index in [4.69, 9.17) is 15.9 Å². The third-order valence-corrected chi connectivity index (χ3v) is 2.88. The van der Waals surface area contributed by atoms with Crippen molar-refractivity contribution < 1.29 is 19.8 Å². The molecule has 0 atom stereocenters. The van der Waals surface area contributed by atoms with Gasteiger partial charge in [0.25, 0.3) is 0 Å². The van der Waals surface area contributed by atoms with Crippen LogP contribution in [-0.2, 0) is 0 Å². The molecule has 0 saturated heterocycles. The molecule has 0 aliphatic rings. The molecule has 0 spiro atoms. The maximum Gasteiger partial charge on any atom is 0.433 e. The molecule has 0 amide bonds. The molecule has 0 aliphatic heterocycles. The second kappa shape index (κ2) is 2.95. The maximum absolute atomic E-state index is 10.7. The molecule has 2 rings (SSSR count). The molecule has 0 aromatic carbocycles. The summed E-state index contributed by atoms with van der Waals surface area (Å²) < 4.78 is 0.668. The highest BCUT2D eigenvalue weighted by molar-refractivity contribution is 7.20. The Morgan fingerprint density at radius 3 is 2.67 bits per heavy atom. The van der Waals surface area contributed by atoms with Gasteiger partial charge in [0.1, 0.15) is 9.71 Å². The summed E-state index contributed by atoms with van der Waals surface area (Å²) in [5.74, 6) is -1.11. The van der Waals surface area contributed by atoms with E-state index in [2.05, 4.69) is 5.10 Å². The Morgan fingerprint density at radius 2 is 2.13 bits per heavy atom. The molecule has 78 valence electrons. The molecule has 2 aromatic rings. The molecule has 0 fully saturated rings. The minimum absolute atomic E-state index is 0.0103. The Bertz CT molecular complexity index is 570. The van der Waals surface area contributed by atoms with Crippen LogP contribution in [0.25, 0.3) is 10.2 Å². The normalized spacial score (nSPS) is 10.7. The second-order valence-corrected chi connectivity index (χ2v) is 3.74. The van der Waals surface area contributed by atoms with Crippen molar-refractivity contribution in [1.82, 2.24) is 9.78 Å². The number of carbonyl (C=O) groups is 2. The Labute approximate surface area is 86.3 Å². The highest BCUT2D eigenvalue weighted by Crippen LogP contribution is 2.29. The minimum Gasteiger partial charge on any atom is -0.477 e. The summed E-state index contributed by atoms with van der Waals surface area (Å²) in [7, 11) is 0. The van der Waals surface area contributed by atoms with E-state index in [9.17, 15) is 9.59 Å². The van der Waals surface area contributed by atoms with Crippen LogP contribution in [0, 0.1) is 0 Å². The van der Waals surface area contributed by atoms with E-state index < -0.39 is 12.1 Å². The van der Waals surface area contributed by atoms with Crippen molar-refractivity contribution in [2.24, 2.45) is 0 Å². The second-order valence-electron chi connectivity index (χ2n) is 2.71. The van der Waals surface area contributed by atoms with Gasteiger partial charge in [-0.15, -0.1) is 16.4 Å². The van der Waals surface area contributed by atoms with Crippen molar-refractivity contribution in [2.75, 3.05) is 5.73 Å². The lowest BCUT2D eigenvalue weighted by Crippen LogP contribution is -2.09. The first-order valence-electron chi connectivity index (χ1n) is 3.75. The summed E-state index contributed by atoms with van der Waals surface area (Å²) in [6.07, 6.45) is -1.30. The largest absolute Gasteiger partial charge is 0.477 e. The first-order valence-corrected chi connectivity index (χ1v) is 4.57. The van der Waals surface area contributed by atoms with E-state index in [0.29, 0.717) is 10.1 Å². The van der Waals surface area contributed by atoms with Gasteiger partial charge in [-0.1, -0.05) is 0 Å².